The predicted octanol–water partition coefficient (Wildman–Crippen LogP) is 0.883. The molecular formula is C9H16N2OS. The van der Waals surface area contributed by atoms with E-state index in [2.05, 4.69) is 17.2 Å². The fourth-order valence-electron chi connectivity index (χ4n) is 1.14. The second-order valence-corrected chi connectivity index (χ2v) is 4.45. The van der Waals surface area contributed by atoms with Gasteiger partial charge in [-0.05, 0) is 20.9 Å². The summed E-state index contributed by atoms with van der Waals surface area (Å²) in [5.41, 5.74) is 1.08. The van der Waals surface area contributed by atoms with Gasteiger partial charge in [0, 0.05) is 17.8 Å². The second-order valence-electron chi connectivity index (χ2n) is 3.16. The van der Waals surface area contributed by atoms with E-state index in [0.717, 1.165) is 10.7 Å². The molecule has 1 atom stereocenters. The number of hydrogen-bond acceptors (Lipinski definition) is 4. The molecule has 0 bridgehead atoms. The molecule has 74 valence electrons. The third-order valence-corrected chi connectivity index (χ3v) is 3.02. The normalized spacial score (nSPS) is 13.2. The van der Waals surface area contributed by atoms with Crippen molar-refractivity contribution in [2.24, 2.45) is 0 Å². The Balaban J connectivity index is 2.53. The Hall–Kier alpha value is -0.450. The van der Waals surface area contributed by atoms with Crippen LogP contribution in [0.5, 0.6) is 0 Å². The molecule has 1 heterocycles. The highest BCUT2D eigenvalue weighted by molar-refractivity contribution is 7.11. The van der Waals surface area contributed by atoms with E-state index in [-0.39, 0.29) is 6.10 Å². The van der Waals surface area contributed by atoms with Gasteiger partial charge in [0.15, 0.2) is 0 Å². The number of rotatable bonds is 4. The molecule has 1 aromatic heterocycles. The van der Waals surface area contributed by atoms with E-state index < -0.39 is 0 Å². The van der Waals surface area contributed by atoms with Gasteiger partial charge in [0.2, 0.25) is 0 Å². The molecule has 1 rings (SSSR count). The lowest BCUT2D eigenvalue weighted by Gasteiger charge is -2.06. The van der Waals surface area contributed by atoms with E-state index >= 15 is 0 Å². The number of aromatic nitrogens is 1. The van der Waals surface area contributed by atoms with Crippen LogP contribution < -0.4 is 5.32 Å². The molecule has 1 aromatic rings. The summed E-state index contributed by atoms with van der Waals surface area (Å²) in [5.74, 6) is 0. The lowest BCUT2D eigenvalue weighted by atomic mass is 10.2. The standard InChI is InChI=1S/C9H16N2OS/c1-6-7(2)13-9(11-6)4-8(12)5-10-3/h8,10,12H,4-5H2,1-3H3. The molecule has 0 amide bonds. The van der Waals surface area contributed by atoms with Gasteiger partial charge >= 0.3 is 0 Å². The zero-order valence-corrected chi connectivity index (χ0v) is 9.11. The number of likely N-dealkylation sites (N-methyl/N-ethyl adjacent to an activating group) is 1. The first-order valence-corrected chi connectivity index (χ1v) is 5.20. The minimum atomic E-state index is -0.324. The van der Waals surface area contributed by atoms with Gasteiger partial charge < -0.3 is 10.4 Å². The van der Waals surface area contributed by atoms with Crippen molar-refractivity contribution >= 4 is 11.3 Å². The molecule has 0 aromatic carbocycles. The van der Waals surface area contributed by atoms with Gasteiger partial charge in [0.25, 0.3) is 0 Å². The van der Waals surface area contributed by atoms with E-state index in [9.17, 15) is 5.11 Å². The highest BCUT2D eigenvalue weighted by Gasteiger charge is 2.08. The van der Waals surface area contributed by atoms with Crippen molar-refractivity contribution in [1.82, 2.24) is 10.3 Å². The molecule has 13 heavy (non-hydrogen) atoms. The van der Waals surface area contributed by atoms with Crippen molar-refractivity contribution in [3.8, 4) is 0 Å². The van der Waals surface area contributed by atoms with Gasteiger partial charge in [-0.2, -0.15) is 0 Å². The van der Waals surface area contributed by atoms with Gasteiger partial charge in [0.05, 0.1) is 16.8 Å². The number of hydrogen-bond donors (Lipinski definition) is 2. The first kappa shape index (κ1) is 10.6. The van der Waals surface area contributed by atoms with E-state index in [4.69, 9.17) is 0 Å². The second kappa shape index (κ2) is 4.69. The Labute approximate surface area is 82.8 Å². The minimum Gasteiger partial charge on any atom is -0.391 e. The van der Waals surface area contributed by atoms with Gasteiger partial charge in [-0.25, -0.2) is 4.98 Å². The van der Waals surface area contributed by atoms with Crippen molar-refractivity contribution in [2.75, 3.05) is 13.6 Å². The molecule has 3 nitrogen and oxygen atoms in total. The highest BCUT2D eigenvalue weighted by atomic mass is 32.1. The van der Waals surface area contributed by atoms with Crippen LogP contribution in [0.1, 0.15) is 15.6 Å². The summed E-state index contributed by atoms with van der Waals surface area (Å²) in [7, 11) is 1.83. The number of nitrogens with one attached hydrogen (secondary N) is 1. The summed E-state index contributed by atoms with van der Waals surface area (Å²) in [4.78, 5) is 5.61. The van der Waals surface area contributed by atoms with E-state index in [1.807, 2.05) is 14.0 Å². The van der Waals surface area contributed by atoms with Crippen LogP contribution in [0.4, 0.5) is 0 Å². The van der Waals surface area contributed by atoms with Crippen LogP contribution in [-0.4, -0.2) is 29.8 Å². The highest BCUT2D eigenvalue weighted by Crippen LogP contribution is 2.17. The molecule has 1 unspecified atom stereocenters. The Bertz CT molecular complexity index is 253. The largest absolute Gasteiger partial charge is 0.391 e. The number of aliphatic hydroxyl groups excluding tert-OH is 1. The molecule has 4 heteroatoms. The summed E-state index contributed by atoms with van der Waals surface area (Å²) in [6.07, 6.45) is 0.329. The first-order valence-electron chi connectivity index (χ1n) is 4.39. The number of aliphatic hydroxyl groups is 1. The van der Waals surface area contributed by atoms with Gasteiger partial charge in [-0.3, -0.25) is 0 Å². The maximum Gasteiger partial charge on any atom is 0.0957 e. The van der Waals surface area contributed by atoms with Crippen molar-refractivity contribution in [2.45, 2.75) is 26.4 Å². The smallest absolute Gasteiger partial charge is 0.0957 e. The maximum atomic E-state index is 9.51. The molecule has 0 aliphatic carbocycles. The molecule has 0 saturated carbocycles. The van der Waals surface area contributed by atoms with Crippen molar-refractivity contribution < 1.29 is 5.11 Å². The van der Waals surface area contributed by atoms with Gasteiger partial charge in [-0.15, -0.1) is 11.3 Å². The molecule has 0 aliphatic rings. The Morgan fingerprint density at radius 2 is 2.23 bits per heavy atom. The zero-order valence-electron chi connectivity index (χ0n) is 8.29. The quantitative estimate of drug-likeness (QED) is 0.758. The fraction of sp³-hybridized carbons (Fsp3) is 0.667. The van der Waals surface area contributed by atoms with Crippen LogP contribution in [0.2, 0.25) is 0 Å². The maximum absolute atomic E-state index is 9.51. The number of aryl methyl sites for hydroxylation is 2. The van der Waals surface area contributed by atoms with Crippen LogP contribution in [0.3, 0.4) is 0 Å². The van der Waals surface area contributed by atoms with Gasteiger partial charge in [-0.1, -0.05) is 0 Å². The average Bonchev–Trinajstić information content (AvgIpc) is 2.31. The summed E-state index contributed by atoms with van der Waals surface area (Å²) < 4.78 is 0. The van der Waals surface area contributed by atoms with E-state index in [1.54, 1.807) is 11.3 Å². The molecule has 2 N–H and O–H groups in total. The summed E-state index contributed by atoms with van der Waals surface area (Å²) >= 11 is 1.67. The molecule has 0 aliphatic heterocycles. The van der Waals surface area contributed by atoms with Crippen LogP contribution in [0.25, 0.3) is 0 Å². The van der Waals surface area contributed by atoms with Crippen LogP contribution in [0, 0.1) is 13.8 Å². The van der Waals surface area contributed by atoms with Crippen LogP contribution in [-0.2, 0) is 6.42 Å². The molecule has 0 saturated heterocycles. The van der Waals surface area contributed by atoms with Crippen LogP contribution >= 0.6 is 11.3 Å². The topological polar surface area (TPSA) is 45.1 Å². The molecule has 0 radical (unpaired) electrons. The predicted molar refractivity (Wildman–Crippen MR) is 55.2 cm³/mol. The van der Waals surface area contributed by atoms with Crippen molar-refractivity contribution in [3.63, 3.8) is 0 Å². The molecule has 0 fully saturated rings. The Morgan fingerprint density at radius 3 is 2.69 bits per heavy atom. The summed E-state index contributed by atoms with van der Waals surface area (Å²) in [6, 6.07) is 0. The molecule has 0 spiro atoms. The zero-order chi connectivity index (χ0) is 9.84. The average molecular weight is 200 g/mol. The van der Waals surface area contributed by atoms with Crippen molar-refractivity contribution in [3.05, 3.63) is 15.6 Å². The Kier molecular flexibility index (Phi) is 3.84. The van der Waals surface area contributed by atoms with E-state index in [1.165, 1.54) is 4.88 Å². The summed E-state index contributed by atoms with van der Waals surface area (Å²) in [6.45, 7) is 4.68. The molecular weight excluding hydrogens is 184 g/mol. The lowest BCUT2D eigenvalue weighted by molar-refractivity contribution is 0.174. The third-order valence-electron chi connectivity index (χ3n) is 1.92. The van der Waals surface area contributed by atoms with E-state index in [0.29, 0.717) is 13.0 Å². The Morgan fingerprint density at radius 1 is 1.54 bits per heavy atom. The van der Waals surface area contributed by atoms with Crippen LogP contribution in [0.15, 0.2) is 0 Å². The lowest BCUT2D eigenvalue weighted by Crippen LogP contribution is -2.25. The number of nitrogens with zero attached hydrogens (tertiary/aromatic N) is 1. The van der Waals surface area contributed by atoms with Crippen molar-refractivity contribution in [1.29, 1.82) is 0 Å². The SMILES string of the molecule is CNCC(O)Cc1nc(C)c(C)s1. The first-order chi connectivity index (χ1) is 6.13. The number of thiazole rings is 1. The third kappa shape index (κ3) is 3.06. The fourth-order valence-corrected chi connectivity index (χ4v) is 2.14. The monoisotopic (exact) mass is 200 g/mol. The minimum absolute atomic E-state index is 0.324. The van der Waals surface area contributed by atoms with Gasteiger partial charge in [0.1, 0.15) is 0 Å². The summed E-state index contributed by atoms with van der Waals surface area (Å²) in [5, 5.41) is 13.5.